The molecule has 0 aliphatic heterocycles. The van der Waals surface area contributed by atoms with Crippen LogP contribution in [0.25, 0.3) is 28.2 Å². The summed E-state index contributed by atoms with van der Waals surface area (Å²) in [5.74, 6) is -1.05. The second-order valence-electron chi connectivity index (χ2n) is 6.68. The quantitative estimate of drug-likeness (QED) is 0.536. The lowest BCUT2D eigenvalue weighted by Crippen LogP contribution is -2.03. The van der Waals surface area contributed by atoms with Crippen LogP contribution in [0.4, 0.5) is 0 Å². The van der Waals surface area contributed by atoms with Gasteiger partial charge in [-0.3, -0.25) is 0 Å². The Morgan fingerprint density at radius 1 is 0.931 bits per heavy atom. The highest BCUT2D eigenvalue weighted by atomic mass is 16.4. The number of aromatic carboxylic acids is 1. The molecule has 0 aliphatic carbocycles. The molecule has 3 aromatic carbocycles. The molecule has 4 rings (SSSR count). The minimum Gasteiger partial charge on any atom is -0.478 e. The lowest BCUT2D eigenvalue weighted by atomic mass is 10.0. The summed E-state index contributed by atoms with van der Waals surface area (Å²) >= 11 is 0. The number of benzene rings is 3. The Bertz CT molecular complexity index is 1220. The van der Waals surface area contributed by atoms with Crippen molar-refractivity contribution in [1.82, 2.24) is 9.78 Å². The predicted octanol–water partition coefficient (Wildman–Crippen LogP) is 5.08. The van der Waals surface area contributed by atoms with Gasteiger partial charge in [-0.1, -0.05) is 60.2 Å². The maximum Gasteiger partial charge on any atom is 0.340 e. The van der Waals surface area contributed by atoms with Gasteiger partial charge in [-0.2, -0.15) is 10.4 Å². The van der Waals surface area contributed by atoms with Crippen molar-refractivity contribution in [2.24, 2.45) is 0 Å². The standard InChI is InChI=1S/C24H17N3O2/c1-16-7-13-20(14-8-16)27-23(19-5-3-2-4-6-19)21(24(28)29)22(26-27)18-11-9-17(15-25)10-12-18/h2-14H,1H3,(H,28,29). The highest BCUT2D eigenvalue weighted by Gasteiger charge is 2.26. The van der Waals surface area contributed by atoms with E-state index in [1.165, 1.54) is 0 Å². The number of carboxylic acid groups (broad SMARTS) is 1. The van der Waals surface area contributed by atoms with Crippen molar-refractivity contribution in [3.8, 4) is 34.3 Å². The molecule has 5 heteroatoms. The summed E-state index contributed by atoms with van der Waals surface area (Å²) in [6, 6.07) is 26.0. The van der Waals surface area contributed by atoms with Crippen LogP contribution >= 0.6 is 0 Å². The average Bonchev–Trinajstić information content (AvgIpc) is 3.16. The van der Waals surface area contributed by atoms with E-state index in [4.69, 9.17) is 5.26 Å². The summed E-state index contributed by atoms with van der Waals surface area (Å²) in [5, 5.41) is 23.8. The van der Waals surface area contributed by atoms with Gasteiger partial charge in [0.1, 0.15) is 11.3 Å². The number of nitrogens with zero attached hydrogens (tertiary/aromatic N) is 3. The first kappa shape index (κ1) is 18.2. The number of nitriles is 1. The van der Waals surface area contributed by atoms with E-state index in [1.54, 1.807) is 28.9 Å². The van der Waals surface area contributed by atoms with Crippen molar-refractivity contribution in [3.63, 3.8) is 0 Å². The van der Waals surface area contributed by atoms with Crippen LogP contribution in [0.15, 0.2) is 78.9 Å². The Balaban J connectivity index is 2.03. The van der Waals surface area contributed by atoms with Gasteiger partial charge in [0.25, 0.3) is 0 Å². The first-order valence-corrected chi connectivity index (χ1v) is 9.08. The summed E-state index contributed by atoms with van der Waals surface area (Å²) in [6.45, 7) is 2.00. The Morgan fingerprint density at radius 2 is 1.59 bits per heavy atom. The molecule has 0 aliphatic rings. The first-order valence-electron chi connectivity index (χ1n) is 9.08. The zero-order valence-corrected chi connectivity index (χ0v) is 15.7. The molecular formula is C24H17N3O2. The molecule has 1 heterocycles. The summed E-state index contributed by atoms with van der Waals surface area (Å²) < 4.78 is 1.67. The number of hydrogen-bond donors (Lipinski definition) is 1. The normalized spacial score (nSPS) is 10.5. The van der Waals surface area contributed by atoms with Gasteiger partial charge in [0.05, 0.1) is 23.0 Å². The van der Waals surface area contributed by atoms with Gasteiger partial charge in [-0.05, 0) is 31.2 Å². The summed E-state index contributed by atoms with van der Waals surface area (Å²) in [7, 11) is 0. The van der Waals surface area contributed by atoms with Gasteiger partial charge in [0, 0.05) is 11.1 Å². The summed E-state index contributed by atoms with van der Waals surface area (Å²) in [6.07, 6.45) is 0. The fourth-order valence-corrected chi connectivity index (χ4v) is 3.26. The van der Waals surface area contributed by atoms with Crippen molar-refractivity contribution in [2.45, 2.75) is 6.92 Å². The van der Waals surface area contributed by atoms with Crippen molar-refractivity contribution < 1.29 is 9.90 Å². The van der Waals surface area contributed by atoms with Crippen LogP contribution in [-0.4, -0.2) is 20.9 Å². The number of aryl methyl sites for hydroxylation is 1. The predicted molar refractivity (Wildman–Crippen MR) is 111 cm³/mol. The van der Waals surface area contributed by atoms with Crippen molar-refractivity contribution in [1.29, 1.82) is 5.26 Å². The maximum atomic E-state index is 12.3. The average molecular weight is 379 g/mol. The van der Waals surface area contributed by atoms with Gasteiger partial charge in [-0.15, -0.1) is 0 Å². The van der Waals surface area contributed by atoms with Gasteiger partial charge >= 0.3 is 5.97 Å². The Morgan fingerprint density at radius 3 is 2.17 bits per heavy atom. The fourth-order valence-electron chi connectivity index (χ4n) is 3.26. The molecule has 0 atom stereocenters. The smallest absolute Gasteiger partial charge is 0.340 e. The molecule has 0 bridgehead atoms. The number of carboxylic acids is 1. The van der Waals surface area contributed by atoms with Crippen molar-refractivity contribution in [3.05, 3.63) is 95.6 Å². The number of carbonyl (C=O) groups is 1. The van der Waals surface area contributed by atoms with E-state index in [-0.39, 0.29) is 5.56 Å². The molecule has 0 fully saturated rings. The summed E-state index contributed by atoms with van der Waals surface area (Å²) in [5.41, 5.74) is 4.79. The molecule has 4 aromatic rings. The molecule has 0 unspecified atom stereocenters. The fraction of sp³-hybridized carbons (Fsp3) is 0.0417. The second-order valence-corrected chi connectivity index (χ2v) is 6.68. The Labute approximate surface area is 168 Å². The molecule has 0 radical (unpaired) electrons. The monoisotopic (exact) mass is 379 g/mol. The number of hydrogen-bond acceptors (Lipinski definition) is 3. The maximum absolute atomic E-state index is 12.3. The van der Waals surface area contributed by atoms with Crippen LogP contribution < -0.4 is 0 Å². The molecule has 1 N–H and O–H groups in total. The zero-order chi connectivity index (χ0) is 20.4. The minimum absolute atomic E-state index is 0.126. The molecule has 5 nitrogen and oxygen atoms in total. The van der Waals surface area contributed by atoms with E-state index in [2.05, 4.69) is 11.2 Å². The topological polar surface area (TPSA) is 78.9 Å². The Hall–Kier alpha value is -4.17. The van der Waals surface area contributed by atoms with Crippen LogP contribution in [0, 0.1) is 18.3 Å². The van der Waals surface area contributed by atoms with Gasteiger partial charge in [-0.25, -0.2) is 9.48 Å². The van der Waals surface area contributed by atoms with Gasteiger partial charge < -0.3 is 5.11 Å². The van der Waals surface area contributed by atoms with Gasteiger partial charge in [0.2, 0.25) is 0 Å². The van der Waals surface area contributed by atoms with Gasteiger partial charge in [0.15, 0.2) is 0 Å². The van der Waals surface area contributed by atoms with Crippen LogP contribution in [0.2, 0.25) is 0 Å². The van der Waals surface area contributed by atoms with E-state index in [0.717, 1.165) is 16.8 Å². The summed E-state index contributed by atoms with van der Waals surface area (Å²) in [4.78, 5) is 12.3. The largest absolute Gasteiger partial charge is 0.478 e. The van der Waals surface area contributed by atoms with E-state index in [1.807, 2.05) is 61.5 Å². The lowest BCUT2D eigenvalue weighted by molar-refractivity contribution is 0.0698. The minimum atomic E-state index is -1.05. The third-order valence-electron chi connectivity index (χ3n) is 4.71. The van der Waals surface area contributed by atoms with E-state index < -0.39 is 5.97 Å². The molecule has 0 spiro atoms. The van der Waals surface area contributed by atoms with Crippen LogP contribution in [0.5, 0.6) is 0 Å². The number of aromatic nitrogens is 2. The number of rotatable bonds is 4. The third kappa shape index (κ3) is 3.40. The molecule has 0 saturated carbocycles. The molecule has 0 amide bonds. The molecule has 1 aromatic heterocycles. The third-order valence-corrected chi connectivity index (χ3v) is 4.71. The first-order chi connectivity index (χ1) is 14.1. The zero-order valence-electron chi connectivity index (χ0n) is 15.7. The van der Waals surface area contributed by atoms with E-state index in [9.17, 15) is 9.90 Å². The van der Waals surface area contributed by atoms with Crippen LogP contribution in [0.3, 0.4) is 0 Å². The van der Waals surface area contributed by atoms with E-state index in [0.29, 0.717) is 22.5 Å². The highest BCUT2D eigenvalue weighted by molar-refractivity contribution is 6.01. The molecule has 140 valence electrons. The SMILES string of the molecule is Cc1ccc(-n2nc(-c3ccc(C#N)cc3)c(C(=O)O)c2-c2ccccc2)cc1. The second kappa shape index (κ2) is 7.45. The molecular weight excluding hydrogens is 362 g/mol. The van der Waals surface area contributed by atoms with Crippen molar-refractivity contribution >= 4 is 5.97 Å². The van der Waals surface area contributed by atoms with Crippen molar-refractivity contribution in [2.75, 3.05) is 0 Å². The Kier molecular flexibility index (Phi) is 4.68. The molecule has 29 heavy (non-hydrogen) atoms. The highest BCUT2D eigenvalue weighted by Crippen LogP contribution is 2.34. The van der Waals surface area contributed by atoms with E-state index >= 15 is 0 Å². The van der Waals surface area contributed by atoms with Crippen LogP contribution in [0.1, 0.15) is 21.5 Å². The molecule has 0 saturated heterocycles. The lowest BCUT2D eigenvalue weighted by Gasteiger charge is -2.09. The van der Waals surface area contributed by atoms with Crippen LogP contribution in [-0.2, 0) is 0 Å².